The van der Waals surface area contributed by atoms with Crippen LogP contribution in [-0.2, 0) is 15.8 Å². The molecule has 4 nitrogen and oxygen atoms in total. The minimum absolute atomic E-state index is 0. The van der Waals surface area contributed by atoms with Gasteiger partial charge in [0, 0.05) is 30.7 Å². The van der Waals surface area contributed by atoms with Crippen LogP contribution in [0.3, 0.4) is 0 Å². The van der Waals surface area contributed by atoms with Crippen molar-refractivity contribution in [1.29, 1.82) is 0 Å². The zero-order chi connectivity index (χ0) is 13.2. The van der Waals surface area contributed by atoms with E-state index >= 15 is 0 Å². The topological polar surface area (TPSA) is 49.4 Å². The molecule has 1 unspecified atom stereocenters. The molecule has 1 aromatic rings. The first-order valence-corrected chi connectivity index (χ1v) is 7.92. The number of nitrogens with zero attached hydrogens (tertiary/aromatic N) is 1. The lowest BCUT2D eigenvalue weighted by Crippen LogP contribution is -2.51. The van der Waals surface area contributed by atoms with Crippen LogP contribution < -0.4 is 5.32 Å². The molecule has 108 valence electrons. The summed E-state index contributed by atoms with van der Waals surface area (Å²) >= 11 is 6.00. The van der Waals surface area contributed by atoms with Crippen molar-refractivity contribution in [3.63, 3.8) is 0 Å². The fourth-order valence-electron chi connectivity index (χ4n) is 2.05. The third-order valence-electron chi connectivity index (χ3n) is 3.02. The molecule has 1 fully saturated rings. The molecule has 1 heterocycles. The van der Waals surface area contributed by atoms with Crippen molar-refractivity contribution in [2.45, 2.75) is 18.7 Å². The van der Waals surface area contributed by atoms with Crippen LogP contribution >= 0.6 is 24.0 Å². The fraction of sp³-hybridized carbons (Fsp3) is 0.500. The average Bonchev–Trinajstić information content (AvgIpc) is 2.32. The SMILES string of the molecule is CC1CN(S(=O)(=O)Cc2ccccc2Cl)CCN1.Cl. The molecule has 0 aliphatic carbocycles. The lowest BCUT2D eigenvalue weighted by atomic mass is 10.2. The summed E-state index contributed by atoms with van der Waals surface area (Å²) in [5.74, 6) is -0.0284. The van der Waals surface area contributed by atoms with E-state index in [1.165, 1.54) is 4.31 Å². The van der Waals surface area contributed by atoms with Crippen LogP contribution in [0.15, 0.2) is 24.3 Å². The summed E-state index contributed by atoms with van der Waals surface area (Å²) in [5.41, 5.74) is 0.658. The number of piperazine rings is 1. The van der Waals surface area contributed by atoms with E-state index in [1.54, 1.807) is 24.3 Å². The van der Waals surface area contributed by atoms with Crippen molar-refractivity contribution in [3.8, 4) is 0 Å². The summed E-state index contributed by atoms with van der Waals surface area (Å²) in [4.78, 5) is 0. The van der Waals surface area contributed by atoms with Crippen LogP contribution in [0.5, 0.6) is 0 Å². The third kappa shape index (κ3) is 4.33. The van der Waals surface area contributed by atoms with Gasteiger partial charge in [0.15, 0.2) is 0 Å². The first-order valence-electron chi connectivity index (χ1n) is 5.93. The van der Waals surface area contributed by atoms with E-state index in [2.05, 4.69) is 5.32 Å². The quantitative estimate of drug-likeness (QED) is 0.923. The van der Waals surface area contributed by atoms with Gasteiger partial charge in [0.05, 0.1) is 5.75 Å². The molecule has 1 aliphatic heterocycles. The highest BCUT2D eigenvalue weighted by atomic mass is 35.5. The Labute approximate surface area is 125 Å². The van der Waals surface area contributed by atoms with Gasteiger partial charge in [-0.3, -0.25) is 0 Å². The standard InChI is InChI=1S/C12H17ClN2O2S.ClH/c1-10-8-15(7-6-14-10)18(16,17)9-11-4-2-3-5-12(11)13;/h2-5,10,14H,6-9H2,1H3;1H. The highest BCUT2D eigenvalue weighted by molar-refractivity contribution is 7.88. The van der Waals surface area contributed by atoms with Crippen molar-refractivity contribution in [3.05, 3.63) is 34.9 Å². The summed E-state index contributed by atoms with van der Waals surface area (Å²) in [6.07, 6.45) is 0. The van der Waals surface area contributed by atoms with Gasteiger partial charge < -0.3 is 5.32 Å². The third-order valence-corrected chi connectivity index (χ3v) is 5.18. The van der Waals surface area contributed by atoms with E-state index in [0.29, 0.717) is 30.2 Å². The maximum absolute atomic E-state index is 12.3. The maximum atomic E-state index is 12.3. The molecule has 1 saturated heterocycles. The monoisotopic (exact) mass is 324 g/mol. The number of hydrogen-bond donors (Lipinski definition) is 1. The Morgan fingerprint density at radius 1 is 1.42 bits per heavy atom. The zero-order valence-electron chi connectivity index (χ0n) is 10.7. The second kappa shape index (κ2) is 6.90. The Hall–Kier alpha value is -0.330. The van der Waals surface area contributed by atoms with Crippen molar-refractivity contribution in [1.82, 2.24) is 9.62 Å². The van der Waals surface area contributed by atoms with Crippen LogP contribution in [0.4, 0.5) is 0 Å². The van der Waals surface area contributed by atoms with E-state index in [1.807, 2.05) is 6.92 Å². The molecule has 19 heavy (non-hydrogen) atoms. The van der Waals surface area contributed by atoms with Gasteiger partial charge in [-0.2, -0.15) is 4.31 Å². The average molecular weight is 325 g/mol. The number of rotatable bonds is 3. The maximum Gasteiger partial charge on any atom is 0.218 e. The highest BCUT2D eigenvalue weighted by Gasteiger charge is 2.27. The smallest absolute Gasteiger partial charge is 0.218 e. The van der Waals surface area contributed by atoms with Gasteiger partial charge in [0.2, 0.25) is 10.0 Å². The number of sulfonamides is 1. The second-order valence-electron chi connectivity index (χ2n) is 4.56. The molecule has 0 bridgehead atoms. The lowest BCUT2D eigenvalue weighted by Gasteiger charge is -2.31. The lowest BCUT2D eigenvalue weighted by molar-refractivity contribution is 0.310. The number of hydrogen-bond acceptors (Lipinski definition) is 3. The van der Waals surface area contributed by atoms with Crippen molar-refractivity contribution in [2.75, 3.05) is 19.6 Å². The van der Waals surface area contributed by atoms with Gasteiger partial charge in [-0.25, -0.2) is 8.42 Å². The molecular formula is C12H18Cl2N2O2S. The molecule has 7 heteroatoms. The van der Waals surface area contributed by atoms with Crippen molar-refractivity contribution >= 4 is 34.0 Å². The summed E-state index contributed by atoms with van der Waals surface area (Å²) < 4.78 is 26.1. The summed E-state index contributed by atoms with van der Waals surface area (Å²) in [5, 5.41) is 3.73. The van der Waals surface area contributed by atoms with Gasteiger partial charge in [-0.1, -0.05) is 29.8 Å². The van der Waals surface area contributed by atoms with Crippen molar-refractivity contribution < 1.29 is 8.42 Å². The Balaban J connectivity index is 0.00000180. The van der Waals surface area contributed by atoms with Crippen molar-refractivity contribution in [2.24, 2.45) is 0 Å². The van der Waals surface area contributed by atoms with Gasteiger partial charge in [-0.15, -0.1) is 12.4 Å². The minimum Gasteiger partial charge on any atom is -0.312 e. The molecule has 0 saturated carbocycles. The summed E-state index contributed by atoms with van der Waals surface area (Å²) in [6.45, 7) is 3.73. The molecule has 0 amide bonds. The highest BCUT2D eigenvalue weighted by Crippen LogP contribution is 2.20. The molecule has 0 radical (unpaired) electrons. The van der Waals surface area contributed by atoms with Crippen LogP contribution in [0.2, 0.25) is 5.02 Å². The van der Waals surface area contributed by atoms with Crippen LogP contribution in [0, 0.1) is 0 Å². The molecule has 1 atom stereocenters. The van der Waals surface area contributed by atoms with E-state index < -0.39 is 10.0 Å². The number of benzene rings is 1. The molecule has 1 aromatic carbocycles. The normalized spacial score (nSPS) is 20.8. The first kappa shape index (κ1) is 16.7. The van der Waals surface area contributed by atoms with Gasteiger partial charge in [0.1, 0.15) is 0 Å². The Kier molecular flexibility index (Phi) is 6.08. The summed E-state index contributed by atoms with van der Waals surface area (Å²) in [7, 11) is -3.28. The fourth-order valence-corrected chi connectivity index (χ4v) is 3.98. The van der Waals surface area contributed by atoms with Gasteiger partial charge >= 0.3 is 0 Å². The Morgan fingerprint density at radius 2 is 2.11 bits per heavy atom. The molecule has 1 N–H and O–H groups in total. The molecule has 1 aliphatic rings. The van der Waals surface area contributed by atoms with E-state index in [4.69, 9.17) is 11.6 Å². The Morgan fingerprint density at radius 3 is 2.74 bits per heavy atom. The van der Waals surface area contributed by atoms with Gasteiger partial charge in [0.25, 0.3) is 0 Å². The van der Waals surface area contributed by atoms with Crippen LogP contribution in [0.1, 0.15) is 12.5 Å². The molecule has 2 rings (SSSR count). The second-order valence-corrected chi connectivity index (χ2v) is 6.94. The van der Waals surface area contributed by atoms with Crippen LogP contribution in [-0.4, -0.2) is 38.4 Å². The Bertz CT molecular complexity index is 522. The van der Waals surface area contributed by atoms with E-state index in [0.717, 1.165) is 0 Å². The minimum atomic E-state index is -3.28. The predicted molar refractivity (Wildman–Crippen MR) is 80.4 cm³/mol. The number of nitrogens with one attached hydrogen (secondary N) is 1. The zero-order valence-corrected chi connectivity index (χ0v) is 13.1. The largest absolute Gasteiger partial charge is 0.312 e. The number of halogens is 2. The van der Waals surface area contributed by atoms with Gasteiger partial charge in [-0.05, 0) is 18.6 Å². The predicted octanol–water partition coefficient (Wildman–Crippen LogP) is 1.89. The van der Waals surface area contributed by atoms with Crippen LogP contribution in [0.25, 0.3) is 0 Å². The molecular weight excluding hydrogens is 307 g/mol. The molecule has 0 spiro atoms. The van der Waals surface area contributed by atoms with E-state index in [-0.39, 0.29) is 24.2 Å². The van der Waals surface area contributed by atoms with E-state index in [9.17, 15) is 8.42 Å². The first-order chi connectivity index (χ1) is 8.49. The molecule has 0 aromatic heterocycles. The summed E-state index contributed by atoms with van der Waals surface area (Å²) in [6, 6.07) is 7.26.